The van der Waals surface area contributed by atoms with Gasteiger partial charge in [-0.3, -0.25) is 0 Å². The maximum Gasteiger partial charge on any atom is 1.00 e. The number of hydrogen-bond acceptors (Lipinski definition) is 3. The van der Waals surface area contributed by atoms with Crippen molar-refractivity contribution in [3.05, 3.63) is 0 Å². The second kappa shape index (κ2) is 15.7. The number of hydrogen-bond donors (Lipinski definition) is 0. The Bertz CT molecular complexity index is 40.3. The minimum absolute atomic E-state index is 0. The van der Waals surface area contributed by atoms with E-state index in [4.69, 9.17) is 14.1 Å². The summed E-state index contributed by atoms with van der Waals surface area (Å²) >= 11 is 0. The van der Waals surface area contributed by atoms with Crippen molar-refractivity contribution >= 4 is 9.17 Å². The molecule has 0 bridgehead atoms. The van der Waals surface area contributed by atoms with Gasteiger partial charge in [0.1, 0.15) is 0 Å². The molecular weight excluding hydrogens is 113 g/mol. The molecular formula is HLi2NaO3Si. The van der Waals surface area contributed by atoms with E-state index in [9.17, 15) is 0 Å². The standard InChI is InChI=1S/2Li.Na.O3Si.H/c;;;1-4(2)3;/q3*+1;-2;-1. The Hall–Kier alpha value is 1.81. The molecule has 0 aromatic carbocycles. The Balaban J connectivity index is -0.00000000750. The van der Waals surface area contributed by atoms with Crippen molar-refractivity contribution in [2.45, 2.75) is 0 Å². The van der Waals surface area contributed by atoms with E-state index in [0.29, 0.717) is 0 Å². The van der Waals surface area contributed by atoms with E-state index in [1.807, 2.05) is 0 Å². The molecule has 0 spiro atoms. The molecule has 0 aliphatic heterocycles. The van der Waals surface area contributed by atoms with Crippen LogP contribution < -0.4 is 76.9 Å². The zero-order valence-electron chi connectivity index (χ0n) is 5.72. The van der Waals surface area contributed by atoms with Gasteiger partial charge < -0.3 is 15.5 Å². The summed E-state index contributed by atoms with van der Waals surface area (Å²) < 4.78 is 8.52. The Kier molecular flexibility index (Phi) is 51.9. The van der Waals surface area contributed by atoms with Crippen molar-refractivity contribution in [2.75, 3.05) is 0 Å². The molecule has 3 nitrogen and oxygen atoms in total. The first-order valence-electron chi connectivity index (χ1n) is 0.612. The minimum Gasteiger partial charge on any atom is -1.00 e. The smallest absolute Gasteiger partial charge is 1.00 e. The van der Waals surface area contributed by atoms with Crippen molar-refractivity contribution in [2.24, 2.45) is 0 Å². The first-order chi connectivity index (χ1) is 1.73. The Morgan fingerprint density at radius 2 is 1.29 bits per heavy atom. The van der Waals surface area contributed by atoms with Crippen molar-refractivity contribution in [3.8, 4) is 0 Å². The average Bonchev–Trinajstić information content (AvgIpc) is 0.811. The van der Waals surface area contributed by atoms with Gasteiger partial charge in [0.2, 0.25) is 0 Å². The Morgan fingerprint density at radius 3 is 1.29 bits per heavy atom. The topological polar surface area (TPSA) is 63.2 Å². The van der Waals surface area contributed by atoms with E-state index in [0.717, 1.165) is 0 Å². The molecule has 0 aromatic rings. The van der Waals surface area contributed by atoms with Crippen LogP contribution in [-0.4, -0.2) is 9.17 Å². The Morgan fingerprint density at radius 1 is 1.29 bits per heavy atom. The molecule has 0 aliphatic rings. The fourth-order valence-corrected chi connectivity index (χ4v) is 0. The quantitative estimate of drug-likeness (QED) is 0.294. The summed E-state index contributed by atoms with van der Waals surface area (Å²) in [5, 5.41) is 0. The molecule has 26 valence electrons. The van der Waals surface area contributed by atoms with E-state index in [2.05, 4.69) is 0 Å². The second-order valence-corrected chi connectivity index (χ2v) is 0.750. The van der Waals surface area contributed by atoms with Gasteiger partial charge in [0.25, 0.3) is 0 Å². The van der Waals surface area contributed by atoms with Gasteiger partial charge in [-0.1, -0.05) is 0 Å². The Labute approximate surface area is 90.9 Å². The van der Waals surface area contributed by atoms with Crippen molar-refractivity contribution in [3.63, 3.8) is 0 Å². The van der Waals surface area contributed by atoms with Crippen LogP contribution in [0.1, 0.15) is 1.43 Å². The van der Waals surface area contributed by atoms with Crippen LogP contribution in [0.15, 0.2) is 0 Å². The largest absolute Gasteiger partial charge is 1.00 e. The van der Waals surface area contributed by atoms with Crippen LogP contribution in [0.2, 0.25) is 0 Å². The normalized spacial score (nSPS) is 3.43. The summed E-state index contributed by atoms with van der Waals surface area (Å²) in [5.74, 6) is 0. The van der Waals surface area contributed by atoms with Crippen LogP contribution in [0, 0.1) is 0 Å². The summed E-state index contributed by atoms with van der Waals surface area (Å²) in [6, 6.07) is 0. The van der Waals surface area contributed by atoms with E-state index < -0.39 is 9.17 Å². The molecule has 0 unspecified atom stereocenters. The van der Waals surface area contributed by atoms with E-state index in [1.165, 1.54) is 0 Å². The SMILES string of the molecule is O=[Si]([O-])[O-].[H-].[Li+].[Li+].[Na+]. The third-order valence-corrected chi connectivity index (χ3v) is 0. The summed E-state index contributed by atoms with van der Waals surface area (Å²) in [7, 11) is -3.63. The predicted octanol–water partition coefficient (Wildman–Crippen LogP) is -11.8. The molecule has 0 heterocycles. The molecule has 0 fully saturated rings. The fraction of sp³-hybridized carbons (Fsp3) is 0. The third kappa shape index (κ3) is 80.4. The molecule has 0 aromatic heterocycles. The predicted molar refractivity (Wildman–Crippen MR) is 7.55 cm³/mol. The first-order valence-corrected chi connectivity index (χ1v) is 1.84. The summed E-state index contributed by atoms with van der Waals surface area (Å²) in [4.78, 5) is 17.0. The molecule has 0 saturated heterocycles. The van der Waals surface area contributed by atoms with E-state index in [1.54, 1.807) is 0 Å². The third-order valence-electron chi connectivity index (χ3n) is 0. The van der Waals surface area contributed by atoms with Gasteiger partial charge in [0, 0.05) is 9.17 Å². The maximum atomic E-state index is 8.52. The van der Waals surface area contributed by atoms with Gasteiger partial charge in [-0.2, -0.15) is 0 Å². The molecule has 0 saturated carbocycles. The fourth-order valence-electron chi connectivity index (χ4n) is 0. The molecule has 7 heteroatoms. The van der Waals surface area contributed by atoms with Crippen molar-refractivity contribution in [1.29, 1.82) is 0 Å². The zero-order chi connectivity index (χ0) is 3.58. The number of rotatable bonds is 0. The molecule has 0 radical (unpaired) electrons. The summed E-state index contributed by atoms with van der Waals surface area (Å²) in [6.45, 7) is 0. The summed E-state index contributed by atoms with van der Waals surface area (Å²) in [6.07, 6.45) is 0. The minimum atomic E-state index is -3.63. The van der Waals surface area contributed by atoms with Gasteiger partial charge in [-0.15, -0.1) is 0 Å². The van der Waals surface area contributed by atoms with Crippen molar-refractivity contribution < 1.29 is 82.8 Å². The van der Waals surface area contributed by atoms with Gasteiger partial charge in [-0.05, 0) is 0 Å². The van der Waals surface area contributed by atoms with Crippen LogP contribution in [0.3, 0.4) is 0 Å². The monoisotopic (exact) mass is 114 g/mol. The van der Waals surface area contributed by atoms with Crippen LogP contribution in [0.25, 0.3) is 0 Å². The second-order valence-electron chi connectivity index (χ2n) is 0.250. The molecule has 7 heavy (non-hydrogen) atoms. The molecule has 0 aliphatic carbocycles. The average molecular weight is 114 g/mol. The molecule has 0 N–H and O–H groups in total. The van der Waals surface area contributed by atoms with E-state index in [-0.39, 0.29) is 68.7 Å². The first kappa shape index (κ1) is 23.2. The van der Waals surface area contributed by atoms with Crippen molar-refractivity contribution in [1.82, 2.24) is 0 Å². The van der Waals surface area contributed by atoms with Crippen LogP contribution in [0.5, 0.6) is 0 Å². The van der Waals surface area contributed by atoms with Crippen LogP contribution >= 0.6 is 0 Å². The maximum absolute atomic E-state index is 8.52. The van der Waals surface area contributed by atoms with Gasteiger partial charge in [0.15, 0.2) is 0 Å². The van der Waals surface area contributed by atoms with Crippen LogP contribution in [0.4, 0.5) is 0 Å². The summed E-state index contributed by atoms with van der Waals surface area (Å²) in [5.41, 5.74) is 0. The zero-order valence-corrected chi connectivity index (χ0v) is 7.72. The van der Waals surface area contributed by atoms with E-state index >= 15 is 0 Å². The van der Waals surface area contributed by atoms with Crippen LogP contribution in [-0.2, 0) is 4.46 Å². The van der Waals surface area contributed by atoms with Gasteiger partial charge in [-0.25, -0.2) is 0 Å². The van der Waals surface area contributed by atoms with Gasteiger partial charge in [0.05, 0.1) is 0 Å². The molecule has 0 rings (SSSR count). The molecule has 0 amide bonds. The molecule has 0 atom stereocenters. The van der Waals surface area contributed by atoms with Gasteiger partial charge >= 0.3 is 67.3 Å².